The molecule has 0 aromatic heterocycles. The number of hydrogen-bond donors (Lipinski definition) is 1. The van der Waals surface area contributed by atoms with Crippen LogP contribution in [0.15, 0.2) is 54.6 Å². The predicted octanol–water partition coefficient (Wildman–Crippen LogP) is 2.84. The number of ether oxygens (including phenoxy) is 1. The average molecular weight is 490 g/mol. The van der Waals surface area contributed by atoms with Crippen molar-refractivity contribution in [1.29, 1.82) is 0 Å². The minimum atomic E-state index is -3.78. The molecule has 0 spiro atoms. The molecule has 9 heteroatoms. The zero-order valence-electron chi connectivity index (χ0n) is 20.7. The smallest absolute Gasteiger partial charge is 0.244 e. The van der Waals surface area contributed by atoms with E-state index in [0.717, 1.165) is 16.1 Å². The summed E-state index contributed by atoms with van der Waals surface area (Å²) in [5, 5.41) is 2.90. The van der Waals surface area contributed by atoms with Gasteiger partial charge in [0.15, 0.2) is 0 Å². The van der Waals surface area contributed by atoms with Crippen LogP contribution in [0.25, 0.3) is 0 Å². The molecule has 0 aliphatic rings. The third-order valence-electron chi connectivity index (χ3n) is 5.17. The average Bonchev–Trinajstić information content (AvgIpc) is 2.76. The minimum Gasteiger partial charge on any atom is -0.497 e. The van der Waals surface area contributed by atoms with Crippen molar-refractivity contribution in [1.82, 2.24) is 10.2 Å². The van der Waals surface area contributed by atoms with Gasteiger partial charge in [0, 0.05) is 18.2 Å². The number of sulfonamides is 1. The number of nitrogens with zero attached hydrogens (tertiary/aromatic N) is 2. The lowest BCUT2D eigenvalue weighted by molar-refractivity contribution is -0.139. The Morgan fingerprint density at radius 3 is 2.26 bits per heavy atom. The zero-order chi connectivity index (χ0) is 25.5. The molecule has 0 heterocycles. The Labute approximate surface area is 202 Å². The molecule has 2 aromatic carbocycles. The van der Waals surface area contributed by atoms with E-state index in [1.54, 1.807) is 31.2 Å². The van der Waals surface area contributed by atoms with Crippen molar-refractivity contribution in [3.63, 3.8) is 0 Å². The van der Waals surface area contributed by atoms with Crippen molar-refractivity contribution in [2.75, 3.05) is 30.8 Å². The van der Waals surface area contributed by atoms with Crippen LogP contribution in [0.3, 0.4) is 0 Å². The molecule has 0 fully saturated rings. The highest BCUT2D eigenvalue weighted by Crippen LogP contribution is 2.23. The number of benzene rings is 2. The van der Waals surface area contributed by atoms with Crippen LogP contribution in [0.1, 0.15) is 33.3 Å². The van der Waals surface area contributed by atoms with Gasteiger partial charge in [-0.1, -0.05) is 36.4 Å². The van der Waals surface area contributed by atoms with Gasteiger partial charge in [0.05, 0.1) is 19.1 Å². The van der Waals surface area contributed by atoms with Gasteiger partial charge < -0.3 is 15.0 Å². The topological polar surface area (TPSA) is 96.0 Å². The van der Waals surface area contributed by atoms with E-state index in [1.165, 1.54) is 12.0 Å². The van der Waals surface area contributed by atoms with Gasteiger partial charge in [-0.05, 0) is 51.8 Å². The maximum Gasteiger partial charge on any atom is 0.244 e. The summed E-state index contributed by atoms with van der Waals surface area (Å²) in [6.45, 7) is 7.07. The van der Waals surface area contributed by atoms with Crippen LogP contribution in [-0.2, 0) is 26.0 Å². The first-order valence-corrected chi connectivity index (χ1v) is 12.9. The predicted molar refractivity (Wildman–Crippen MR) is 134 cm³/mol. The molecule has 0 aliphatic carbocycles. The lowest BCUT2D eigenvalue weighted by Crippen LogP contribution is -2.55. The van der Waals surface area contributed by atoms with Gasteiger partial charge in [0.2, 0.25) is 21.8 Å². The highest BCUT2D eigenvalue weighted by atomic mass is 32.2. The SMILES string of the molecule is COc1cccc(N(CC(=O)N(CCc2ccccc2)C(C)C(=O)NC(C)(C)C)S(C)(=O)=O)c1. The maximum absolute atomic E-state index is 13.5. The number of anilines is 1. The molecule has 34 heavy (non-hydrogen) atoms. The van der Waals surface area contributed by atoms with Crippen LogP contribution in [-0.4, -0.2) is 63.2 Å². The Morgan fingerprint density at radius 1 is 1.06 bits per heavy atom. The van der Waals surface area contributed by atoms with E-state index in [1.807, 2.05) is 51.1 Å². The molecular formula is C25H35N3O5S. The second-order valence-electron chi connectivity index (χ2n) is 9.21. The Kier molecular flexibility index (Phi) is 9.09. The molecule has 0 bridgehead atoms. The minimum absolute atomic E-state index is 0.261. The number of carbonyl (C=O) groups excluding carboxylic acids is 2. The fourth-order valence-electron chi connectivity index (χ4n) is 3.42. The second-order valence-corrected chi connectivity index (χ2v) is 11.1. The Balaban J connectivity index is 2.34. The number of hydrogen-bond acceptors (Lipinski definition) is 5. The number of rotatable bonds is 10. The van der Waals surface area contributed by atoms with Crippen molar-refractivity contribution < 1.29 is 22.7 Å². The molecule has 0 radical (unpaired) electrons. The molecule has 1 unspecified atom stereocenters. The summed E-state index contributed by atoms with van der Waals surface area (Å²) in [4.78, 5) is 27.8. The van der Waals surface area contributed by atoms with E-state index in [-0.39, 0.29) is 12.5 Å². The molecule has 2 aromatic rings. The van der Waals surface area contributed by atoms with Crippen molar-refractivity contribution in [3.05, 3.63) is 60.2 Å². The fourth-order valence-corrected chi connectivity index (χ4v) is 4.26. The van der Waals surface area contributed by atoms with Gasteiger partial charge >= 0.3 is 0 Å². The lowest BCUT2D eigenvalue weighted by Gasteiger charge is -2.33. The normalized spacial score (nSPS) is 12.5. The fraction of sp³-hybridized carbons (Fsp3) is 0.440. The number of carbonyl (C=O) groups is 2. The number of nitrogens with one attached hydrogen (secondary N) is 1. The molecule has 2 rings (SSSR count). The van der Waals surface area contributed by atoms with E-state index in [4.69, 9.17) is 4.74 Å². The summed E-state index contributed by atoms with van der Waals surface area (Å²) in [5.41, 5.74) is 0.847. The van der Waals surface area contributed by atoms with E-state index in [9.17, 15) is 18.0 Å². The van der Waals surface area contributed by atoms with Crippen LogP contribution < -0.4 is 14.4 Å². The third-order valence-corrected chi connectivity index (χ3v) is 6.31. The second kappa shape index (κ2) is 11.4. The highest BCUT2D eigenvalue weighted by Gasteiger charge is 2.31. The number of amides is 2. The summed E-state index contributed by atoms with van der Waals surface area (Å²) >= 11 is 0. The van der Waals surface area contributed by atoms with Gasteiger partial charge in [0.1, 0.15) is 18.3 Å². The Hall–Kier alpha value is -3.07. The summed E-state index contributed by atoms with van der Waals surface area (Å²) in [6.07, 6.45) is 1.57. The Morgan fingerprint density at radius 2 is 1.71 bits per heavy atom. The largest absolute Gasteiger partial charge is 0.497 e. The maximum atomic E-state index is 13.5. The molecule has 8 nitrogen and oxygen atoms in total. The standard InChI is InChI=1S/C25H35N3O5S/c1-19(24(30)26-25(2,3)4)27(16-15-20-11-8-7-9-12-20)23(29)18-28(34(6,31)32)21-13-10-14-22(17-21)33-5/h7-14,17,19H,15-16,18H2,1-6H3,(H,26,30). The van der Waals surface area contributed by atoms with Crippen molar-refractivity contribution in [2.45, 2.75) is 45.7 Å². The summed E-state index contributed by atoms with van der Waals surface area (Å²) in [6, 6.07) is 15.3. The zero-order valence-corrected chi connectivity index (χ0v) is 21.6. The summed E-state index contributed by atoms with van der Waals surface area (Å²) in [7, 11) is -2.30. The van der Waals surface area contributed by atoms with Crippen molar-refractivity contribution in [2.24, 2.45) is 0 Å². The molecule has 2 amide bonds. The van der Waals surface area contributed by atoms with Crippen molar-refractivity contribution >= 4 is 27.5 Å². The first-order chi connectivity index (χ1) is 15.8. The Bertz CT molecular complexity index is 1080. The number of methoxy groups -OCH3 is 1. The van der Waals surface area contributed by atoms with Gasteiger partial charge in [-0.25, -0.2) is 8.42 Å². The first kappa shape index (κ1) is 27.2. The molecule has 1 atom stereocenters. The molecular weight excluding hydrogens is 454 g/mol. The summed E-state index contributed by atoms with van der Waals surface area (Å²) < 4.78 is 31.4. The molecule has 0 aliphatic heterocycles. The van der Waals surface area contributed by atoms with Crippen LogP contribution in [0.4, 0.5) is 5.69 Å². The van der Waals surface area contributed by atoms with E-state index in [2.05, 4.69) is 5.32 Å². The van der Waals surface area contributed by atoms with Crippen LogP contribution in [0.5, 0.6) is 5.75 Å². The van der Waals surface area contributed by atoms with Crippen LogP contribution in [0.2, 0.25) is 0 Å². The molecule has 1 N–H and O–H groups in total. The first-order valence-electron chi connectivity index (χ1n) is 11.1. The molecule has 0 saturated heterocycles. The van der Waals surface area contributed by atoms with Gasteiger partial charge in [0.25, 0.3) is 0 Å². The van der Waals surface area contributed by atoms with Gasteiger partial charge in [-0.15, -0.1) is 0 Å². The lowest BCUT2D eigenvalue weighted by atomic mass is 10.1. The van der Waals surface area contributed by atoms with Gasteiger partial charge in [-0.2, -0.15) is 0 Å². The van der Waals surface area contributed by atoms with E-state index >= 15 is 0 Å². The third kappa shape index (κ3) is 8.06. The van der Waals surface area contributed by atoms with E-state index < -0.39 is 34.1 Å². The summed E-state index contributed by atoms with van der Waals surface area (Å²) in [5.74, 6) is -0.306. The van der Waals surface area contributed by atoms with E-state index in [0.29, 0.717) is 17.9 Å². The molecule has 0 saturated carbocycles. The monoisotopic (exact) mass is 489 g/mol. The molecule has 186 valence electrons. The van der Waals surface area contributed by atoms with Crippen LogP contribution >= 0.6 is 0 Å². The van der Waals surface area contributed by atoms with Gasteiger partial charge in [-0.3, -0.25) is 13.9 Å². The highest BCUT2D eigenvalue weighted by molar-refractivity contribution is 7.92. The van der Waals surface area contributed by atoms with Crippen LogP contribution in [0, 0.1) is 0 Å². The quantitative estimate of drug-likeness (QED) is 0.554. The van der Waals surface area contributed by atoms with Crippen molar-refractivity contribution in [3.8, 4) is 5.75 Å².